The van der Waals surface area contributed by atoms with Crippen LogP contribution >= 0.6 is 23.1 Å². The fourth-order valence-corrected chi connectivity index (χ4v) is 8.99. The van der Waals surface area contributed by atoms with Crippen LogP contribution in [0.25, 0.3) is 10.8 Å². The fraction of sp³-hybridized carbons (Fsp3) is 0.200. The number of nitrogens with one attached hydrogen (secondary N) is 1. The quantitative estimate of drug-likeness (QED) is 0.221. The van der Waals surface area contributed by atoms with E-state index in [0.29, 0.717) is 38.3 Å². The summed E-state index contributed by atoms with van der Waals surface area (Å²) < 4.78 is 12.4. The zero-order valence-electron chi connectivity index (χ0n) is 25.2. The van der Waals surface area contributed by atoms with Crippen LogP contribution in [0.15, 0.2) is 94.7 Å². The summed E-state index contributed by atoms with van der Waals surface area (Å²) in [4.78, 5) is 56.6. The van der Waals surface area contributed by atoms with Gasteiger partial charge in [0, 0.05) is 16.5 Å². The van der Waals surface area contributed by atoms with Gasteiger partial charge >= 0.3 is 4.87 Å². The predicted octanol–water partition coefficient (Wildman–Crippen LogP) is 5.82. The number of carbonyl (C=O) groups excluding carboxylic acids is 3. The number of benzene rings is 4. The average molecular weight is 652 g/mol. The first-order valence-corrected chi connectivity index (χ1v) is 16.3. The largest absolute Gasteiger partial charge is 0.493 e. The maximum Gasteiger partial charge on any atom is 0.308 e. The van der Waals surface area contributed by atoms with E-state index >= 15 is 0 Å². The summed E-state index contributed by atoms with van der Waals surface area (Å²) in [5.74, 6) is -1.50. The molecule has 1 N–H and O–H groups in total. The Kier molecular flexibility index (Phi) is 7.66. The zero-order chi connectivity index (χ0) is 32.1. The number of anilines is 2. The van der Waals surface area contributed by atoms with Crippen molar-refractivity contribution >= 4 is 63.0 Å². The first-order chi connectivity index (χ1) is 22.3. The molecule has 2 aliphatic heterocycles. The number of ether oxygens (including phenoxy) is 2. The lowest BCUT2D eigenvalue weighted by atomic mass is 9.83. The number of hydrogen-bond donors (Lipinski definition) is 1. The van der Waals surface area contributed by atoms with Crippen LogP contribution in [0, 0.1) is 12.8 Å². The Morgan fingerprint density at radius 3 is 2.33 bits per heavy atom. The Morgan fingerprint density at radius 1 is 0.848 bits per heavy atom. The summed E-state index contributed by atoms with van der Waals surface area (Å²) in [5.41, 5.74) is 2.82. The number of thioether (sulfide) groups is 1. The van der Waals surface area contributed by atoms with E-state index in [0.717, 1.165) is 27.7 Å². The van der Waals surface area contributed by atoms with Gasteiger partial charge in [-0.15, -0.1) is 0 Å². The van der Waals surface area contributed by atoms with Crippen molar-refractivity contribution in [1.82, 2.24) is 4.57 Å². The number of aryl methyl sites for hydroxylation is 1. The molecule has 1 fully saturated rings. The van der Waals surface area contributed by atoms with Crippen molar-refractivity contribution < 1.29 is 23.9 Å². The van der Waals surface area contributed by atoms with Crippen molar-refractivity contribution in [1.29, 1.82) is 0 Å². The highest BCUT2D eigenvalue weighted by Crippen LogP contribution is 2.54. The summed E-state index contributed by atoms with van der Waals surface area (Å²) in [6.07, 6.45) is 0. The van der Waals surface area contributed by atoms with E-state index in [1.54, 1.807) is 24.3 Å². The zero-order valence-corrected chi connectivity index (χ0v) is 26.8. The van der Waals surface area contributed by atoms with Gasteiger partial charge in [-0.25, -0.2) is 4.90 Å². The molecule has 11 heteroatoms. The van der Waals surface area contributed by atoms with Crippen LogP contribution in [0.2, 0.25) is 0 Å². The minimum atomic E-state index is -0.803. The van der Waals surface area contributed by atoms with Gasteiger partial charge in [0.1, 0.15) is 11.8 Å². The van der Waals surface area contributed by atoms with E-state index in [9.17, 15) is 19.2 Å². The smallest absolute Gasteiger partial charge is 0.308 e. The summed E-state index contributed by atoms with van der Waals surface area (Å²) >= 11 is 2.18. The second-order valence-electron chi connectivity index (χ2n) is 11.2. The van der Waals surface area contributed by atoms with Crippen molar-refractivity contribution in [2.75, 3.05) is 24.4 Å². The van der Waals surface area contributed by atoms with Crippen molar-refractivity contribution in [3.8, 4) is 11.5 Å². The third-order valence-corrected chi connectivity index (χ3v) is 11.0. The molecule has 1 aromatic heterocycles. The highest BCUT2D eigenvalue weighted by molar-refractivity contribution is 8.00. The third kappa shape index (κ3) is 5.05. The van der Waals surface area contributed by atoms with E-state index in [2.05, 4.69) is 5.32 Å². The van der Waals surface area contributed by atoms with Gasteiger partial charge in [-0.3, -0.25) is 23.7 Å². The second-order valence-corrected chi connectivity index (χ2v) is 13.4. The minimum Gasteiger partial charge on any atom is -0.493 e. The molecule has 232 valence electrons. The molecule has 5 aromatic rings. The van der Waals surface area contributed by atoms with Crippen LogP contribution in [0.5, 0.6) is 11.5 Å². The van der Waals surface area contributed by atoms with Crippen molar-refractivity contribution in [2.24, 2.45) is 5.92 Å². The number of rotatable bonds is 7. The molecule has 0 unspecified atom stereocenters. The number of fused-ring (bicyclic) bond motifs is 3. The number of amides is 3. The number of aromatic nitrogens is 1. The maximum atomic E-state index is 14.2. The van der Waals surface area contributed by atoms with Crippen molar-refractivity contribution in [3.05, 3.63) is 111 Å². The number of thiazole rings is 1. The van der Waals surface area contributed by atoms with Crippen LogP contribution in [0.1, 0.15) is 21.9 Å². The first-order valence-electron chi connectivity index (χ1n) is 14.6. The van der Waals surface area contributed by atoms with Crippen LogP contribution in [0.4, 0.5) is 11.4 Å². The predicted molar refractivity (Wildman–Crippen MR) is 179 cm³/mol. The number of hydrogen-bond acceptors (Lipinski definition) is 8. The molecule has 4 aromatic carbocycles. The standard InChI is InChI=1S/C35H29N3O6S2/c1-19-8-13-24(14-9-19)38-32(40)29-28(22-11-15-25(43-2)26(17-22)44-3)31-34(45-30(29)33(38)41)37(35(42)46-31)18-27(39)36-23-12-10-20-6-4-5-7-21(20)16-23/h4-17,28-30H,18H2,1-3H3,(H,36,39)/t28-,29-,30+/m0/s1. The molecule has 0 saturated carbocycles. The van der Waals surface area contributed by atoms with Gasteiger partial charge < -0.3 is 14.8 Å². The van der Waals surface area contributed by atoms with Gasteiger partial charge in [-0.1, -0.05) is 77.2 Å². The van der Waals surface area contributed by atoms with Crippen LogP contribution in [-0.4, -0.2) is 41.8 Å². The molecule has 0 aliphatic carbocycles. The Labute approximate surface area is 272 Å². The lowest BCUT2D eigenvalue weighted by Crippen LogP contribution is -2.33. The van der Waals surface area contributed by atoms with Crippen LogP contribution < -0.4 is 24.6 Å². The molecule has 3 atom stereocenters. The average Bonchev–Trinajstić information content (AvgIpc) is 3.50. The number of nitrogens with zero attached hydrogens (tertiary/aromatic N) is 2. The van der Waals surface area contributed by atoms with Crippen LogP contribution in [-0.2, 0) is 20.9 Å². The minimum absolute atomic E-state index is 0.246. The molecular formula is C35H29N3O6S2. The van der Waals surface area contributed by atoms with E-state index in [4.69, 9.17) is 9.47 Å². The Bertz CT molecular complexity index is 2090. The Balaban J connectivity index is 1.28. The molecule has 3 heterocycles. The molecule has 3 amide bonds. The summed E-state index contributed by atoms with van der Waals surface area (Å²) in [6, 6.07) is 26.1. The van der Waals surface area contributed by atoms with Gasteiger partial charge in [0.15, 0.2) is 11.5 Å². The monoisotopic (exact) mass is 651 g/mol. The lowest BCUT2D eigenvalue weighted by molar-refractivity contribution is -0.122. The molecule has 1 saturated heterocycles. The summed E-state index contributed by atoms with van der Waals surface area (Å²) in [5, 5.41) is 4.64. The van der Waals surface area contributed by atoms with Crippen molar-refractivity contribution in [2.45, 2.75) is 29.7 Å². The number of imide groups is 1. The van der Waals surface area contributed by atoms with Crippen LogP contribution in [0.3, 0.4) is 0 Å². The van der Waals surface area contributed by atoms with E-state index in [1.807, 2.05) is 67.6 Å². The summed E-state index contributed by atoms with van der Waals surface area (Å²) in [7, 11) is 3.06. The number of methoxy groups -OCH3 is 2. The normalized spacial score (nSPS) is 18.8. The molecule has 7 rings (SSSR count). The SMILES string of the molecule is COc1ccc([C@@H]2c3sc(=O)n(CC(=O)Nc4ccc5ccccc5c4)c3S[C@H]3C(=O)N(c4ccc(C)cc4)C(=O)[C@@H]23)cc1OC. The van der Waals surface area contributed by atoms with Gasteiger partial charge in [-0.2, -0.15) is 0 Å². The Morgan fingerprint density at radius 2 is 1.59 bits per heavy atom. The van der Waals surface area contributed by atoms with Gasteiger partial charge in [0.25, 0.3) is 0 Å². The highest BCUT2D eigenvalue weighted by Gasteiger charge is 2.57. The topological polar surface area (TPSA) is 107 Å². The van der Waals surface area contributed by atoms with E-state index in [1.165, 1.54) is 35.4 Å². The van der Waals surface area contributed by atoms with Crippen molar-refractivity contribution in [3.63, 3.8) is 0 Å². The molecule has 0 radical (unpaired) electrons. The van der Waals surface area contributed by atoms with E-state index in [-0.39, 0.29) is 29.1 Å². The molecular weight excluding hydrogens is 623 g/mol. The van der Waals surface area contributed by atoms with Gasteiger partial charge in [0.05, 0.1) is 30.9 Å². The van der Waals surface area contributed by atoms with Gasteiger partial charge in [0.2, 0.25) is 17.7 Å². The second kappa shape index (κ2) is 11.8. The summed E-state index contributed by atoms with van der Waals surface area (Å²) in [6.45, 7) is 1.69. The van der Waals surface area contributed by atoms with E-state index < -0.39 is 17.1 Å². The molecule has 46 heavy (non-hydrogen) atoms. The number of carbonyl (C=O) groups is 3. The third-order valence-electron chi connectivity index (χ3n) is 8.44. The molecule has 0 bridgehead atoms. The van der Waals surface area contributed by atoms with Gasteiger partial charge in [-0.05, 0) is 59.7 Å². The Hall–Kier alpha value is -4.87. The molecule has 2 aliphatic rings. The maximum absolute atomic E-state index is 14.2. The molecule has 9 nitrogen and oxygen atoms in total. The molecule has 0 spiro atoms. The highest BCUT2D eigenvalue weighted by atomic mass is 32.2. The lowest BCUT2D eigenvalue weighted by Gasteiger charge is -2.31. The fourth-order valence-electron chi connectivity index (χ4n) is 6.22. The first kappa shape index (κ1) is 29.8.